The van der Waals surface area contributed by atoms with Crippen molar-refractivity contribution in [3.8, 4) is 0 Å². The number of hydrogen-bond acceptors (Lipinski definition) is 2. The second kappa shape index (κ2) is 22.4. The van der Waals surface area contributed by atoms with Gasteiger partial charge in [-0.1, -0.05) is 136 Å². The van der Waals surface area contributed by atoms with Crippen LogP contribution in [0.5, 0.6) is 0 Å². The third-order valence-corrected chi connectivity index (χ3v) is 5.32. The Bertz CT molecular complexity index is 486. The summed E-state index contributed by atoms with van der Waals surface area (Å²) >= 11 is 0. The first kappa shape index (κ1) is 29.3. The van der Waals surface area contributed by atoms with Crippen LogP contribution in [0.4, 0.5) is 0 Å². The van der Waals surface area contributed by atoms with Gasteiger partial charge in [0, 0.05) is 0 Å². The van der Waals surface area contributed by atoms with Crippen molar-refractivity contribution in [1.29, 1.82) is 0 Å². The zero-order chi connectivity index (χ0) is 21.5. The van der Waals surface area contributed by atoms with Gasteiger partial charge in [-0.15, -0.1) is 0 Å². The van der Waals surface area contributed by atoms with Gasteiger partial charge in [-0.3, -0.25) is 4.55 Å². The Balaban J connectivity index is 0. The van der Waals surface area contributed by atoms with Crippen molar-refractivity contribution in [1.82, 2.24) is 0 Å². The van der Waals surface area contributed by atoms with Crippen LogP contribution in [0.3, 0.4) is 0 Å². The summed E-state index contributed by atoms with van der Waals surface area (Å²) in [6, 6.07) is 7.42. The molecular formula is C24H46O3S. The molecule has 166 valence electrons. The van der Waals surface area contributed by atoms with E-state index in [1.807, 2.05) is 0 Å². The molecule has 1 rings (SSSR count). The van der Waals surface area contributed by atoms with Crippen molar-refractivity contribution in [3.63, 3.8) is 0 Å². The van der Waals surface area contributed by atoms with Gasteiger partial charge in [0.1, 0.15) is 0 Å². The van der Waals surface area contributed by atoms with E-state index < -0.39 is 10.1 Å². The van der Waals surface area contributed by atoms with Crippen LogP contribution in [-0.2, 0) is 10.1 Å². The molecule has 0 amide bonds. The van der Waals surface area contributed by atoms with Gasteiger partial charge in [-0.25, -0.2) is 0 Å². The highest BCUT2D eigenvalue weighted by molar-refractivity contribution is 7.85. The summed E-state index contributed by atoms with van der Waals surface area (Å²) in [6.45, 7) is 8.99. The van der Waals surface area contributed by atoms with E-state index in [-0.39, 0.29) is 4.90 Å². The molecule has 0 aliphatic carbocycles. The minimum atomic E-state index is -4.00. The maximum absolute atomic E-state index is 10.4. The normalized spacial score (nSPS) is 10.5. The summed E-state index contributed by atoms with van der Waals surface area (Å²) in [5.74, 6) is 0. The van der Waals surface area contributed by atoms with Gasteiger partial charge >= 0.3 is 0 Å². The fourth-order valence-electron chi connectivity index (χ4n) is 2.68. The number of unbranched alkanes of at least 4 members (excludes halogenated alkanes) is 12. The van der Waals surface area contributed by atoms with Crippen LogP contribution in [0.2, 0.25) is 0 Å². The molecule has 28 heavy (non-hydrogen) atoms. The summed E-state index contributed by atoms with van der Waals surface area (Å²) in [4.78, 5) is -0.0741. The SMILES string of the molecule is CCCCC.CCCCCCCCCCCCC.O=S(=O)(O)c1ccccc1. The van der Waals surface area contributed by atoms with E-state index in [1.54, 1.807) is 18.2 Å². The second-order valence-electron chi connectivity index (χ2n) is 7.32. The summed E-state index contributed by atoms with van der Waals surface area (Å²) in [7, 11) is -4.00. The van der Waals surface area contributed by atoms with Gasteiger partial charge in [0.15, 0.2) is 0 Å². The Morgan fingerprint density at radius 1 is 0.571 bits per heavy atom. The van der Waals surface area contributed by atoms with E-state index in [9.17, 15) is 8.42 Å². The third-order valence-electron chi connectivity index (χ3n) is 4.46. The molecule has 0 aliphatic heterocycles. The molecule has 0 atom stereocenters. The van der Waals surface area contributed by atoms with Gasteiger partial charge in [0.05, 0.1) is 4.90 Å². The first-order chi connectivity index (χ1) is 13.4. The predicted octanol–water partition coefficient (Wildman–Crippen LogP) is 8.45. The van der Waals surface area contributed by atoms with Crippen LogP contribution >= 0.6 is 0 Å². The van der Waals surface area contributed by atoms with Gasteiger partial charge in [-0.05, 0) is 12.1 Å². The predicted molar refractivity (Wildman–Crippen MR) is 124 cm³/mol. The number of hydrogen-bond donors (Lipinski definition) is 1. The Morgan fingerprint density at radius 3 is 1.11 bits per heavy atom. The van der Waals surface area contributed by atoms with E-state index in [2.05, 4.69) is 27.7 Å². The molecule has 1 aromatic carbocycles. The lowest BCUT2D eigenvalue weighted by molar-refractivity contribution is 0.483. The first-order valence-corrected chi connectivity index (χ1v) is 12.9. The summed E-state index contributed by atoms with van der Waals surface area (Å²) in [5, 5.41) is 0. The average molecular weight is 415 g/mol. The highest BCUT2D eigenvalue weighted by Crippen LogP contribution is 2.10. The molecule has 0 saturated carbocycles. The summed E-state index contributed by atoms with van der Waals surface area (Å²) in [5.41, 5.74) is 0. The van der Waals surface area contributed by atoms with Gasteiger partial charge < -0.3 is 0 Å². The fourth-order valence-corrected chi connectivity index (χ4v) is 3.18. The lowest BCUT2D eigenvalue weighted by Gasteiger charge is -2.00. The van der Waals surface area contributed by atoms with Crippen molar-refractivity contribution in [2.75, 3.05) is 0 Å². The largest absolute Gasteiger partial charge is 0.294 e. The zero-order valence-electron chi connectivity index (χ0n) is 19.0. The molecule has 1 aromatic rings. The zero-order valence-corrected chi connectivity index (χ0v) is 19.8. The molecule has 0 aromatic heterocycles. The van der Waals surface area contributed by atoms with Crippen LogP contribution in [0, 0.1) is 0 Å². The molecule has 4 heteroatoms. The minimum absolute atomic E-state index is 0.0741. The molecule has 0 saturated heterocycles. The molecule has 0 radical (unpaired) electrons. The Kier molecular flexibility index (Phi) is 23.5. The van der Waals surface area contributed by atoms with Crippen LogP contribution < -0.4 is 0 Å². The molecule has 0 unspecified atom stereocenters. The van der Waals surface area contributed by atoms with E-state index >= 15 is 0 Å². The molecule has 0 fully saturated rings. The van der Waals surface area contributed by atoms with Crippen molar-refractivity contribution < 1.29 is 13.0 Å². The number of benzene rings is 1. The quantitative estimate of drug-likeness (QED) is 0.260. The van der Waals surface area contributed by atoms with Gasteiger partial charge in [0.25, 0.3) is 10.1 Å². The molecule has 0 heterocycles. The lowest BCUT2D eigenvalue weighted by atomic mass is 10.1. The van der Waals surface area contributed by atoms with Crippen LogP contribution in [0.25, 0.3) is 0 Å². The molecule has 0 bridgehead atoms. The van der Waals surface area contributed by atoms with E-state index in [4.69, 9.17) is 4.55 Å². The average Bonchev–Trinajstić information content (AvgIpc) is 2.68. The Morgan fingerprint density at radius 2 is 0.893 bits per heavy atom. The first-order valence-electron chi connectivity index (χ1n) is 11.5. The lowest BCUT2D eigenvalue weighted by Crippen LogP contribution is -1.96. The topological polar surface area (TPSA) is 54.4 Å². The standard InChI is InChI=1S/C13H28.C6H6O3S.C5H12/c1-3-5-7-9-11-13-12-10-8-6-4-2;7-10(8,9)6-4-2-1-3-5-6;1-3-5-4-2/h3-13H2,1-2H3;1-5H,(H,7,8,9);3-5H2,1-2H3. The second-order valence-corrected chi connectivity index (χ2v) is 8.75. The van der Waals surface area contributed by atoms with Gasteiger partial charge in [-0.2, -0.15) is 8.42 Å². The summed E-state index contributed by atoms with van der Waals surface area (Å²) in [6.07, 6.45) is 20.0. The molecular weight excluding hydrogens is 368 g/mol. The third kappa shape index (κ3) is 23.2. The molecule has 1 N–H and O–H groups in total. The van der Waals surface area contributed by atoms with E-state index in [0.717, 1.165) is 0 Å². The maximum Gasteiger partial charge on any atom is 0.294 e. The van der Waals surface area contributed by atoms with Crippen molar-refractivity contribution in [2.45, 2.75) is 122 Å². The smallest absolute Gasteiger partial charge is 0.282 e. The molecule has 3 nitrogen and oxygen atoms in total. The minimum Gasteiger partial charge on any atom is -0.282 e. The molecule has 0 spiro atoms. The number of rotatable bonds is 13. The van der Waals surface area contributed by atoms with Crippen molar-refractivity contribution in [2.24, 2.45) is 0 Å². The van der Waals surface area contributed by atoms with Crippen LogP contribution in [0.15, 0.2) is 35.2 Å². The van der Waals surface area contributed by atoms with Gasteiger partial charge in [0.2, 0.25) is 0 Å². The van der Waals surface area contributed by atoms with Crippen molar-refractivity contribution in [3.05, 3.63) is 30.3 Å². The summed E-state index contributed by atoms with van der Waals surface area (Å²) < 4.78 is 29.2. The highest BCUT2D eigenvalue weighted by Gasteiger charge is 2.05. The van der Waals surface area contributed by atoms with E-state index in [1.165, 1.54) is 102 Å². The van der Waals surface area contributed by atoms with Crippen molar-refractivity contribution >= 4 is 10.1 Å². The molecule has 0 aliphatic rings. The van der Waals surface area contributed by atoms with Crippen LogP contribution in [0.1, 0.15) is 118 Å². The Labute approximate surface area is 176 Å². The Hall–Kier alpha value is -0.870. The monoisotopic (exact) mass is 414 g/mol. The van der Waals surface area contributed by atoms with E-state index in [0.29, 0.717) is 0 Å². The van der Waals surface area contributed by atoms with Crippen LogP contribution in [-0.4, -0.2) is 13.0 Å². The highest BCUT2D eigenvalue weighted by atomic mass is 32.2. The maximum atomic E-state index is 10.4. The fraction of sp³-hybridized carbons (Fsp3) is 0.750.